The van der Waals surface area contributed by atoms with Gasteiger partial charge in [0, 0.05) is 23.1 Å². The fraction of sp³-hybridized carbons (Fsp3) is 0.233. The molecule has 0 amide bonds. The number of aliphatic imine (C=N–C) groups is 1. The van der Waals surface area contributed by atoms with Gasteiger partial charge >= 0.3 is 0 Å². The van der Waals surface area contributed by atoms with Crippen LogP contribution in [0.15, 0.2) is 59.6 Å². The summed E-state index contributed by atoms with van der Waals surface area (Å²) < 4.78 is 28.1. The molecule has 3 aromatic rings. The number of nitrogens with zero attached hydrogens (tertiary/aromatic N) is 1. The molecule has 0 atom stereocenters. The molecule has 3 aromatic carbocycles. The predicted octanol–water partition coefficient (Wildman–Crippen LogP) is 8.26. The minimum absolute atomic E-state index is 0.229. The number of rotatable bonds is 6. The van der Waals surface area contributed by atoms with Gasteiger partial charge in [-0.1, -0.05) is 68.6 Å². The van der Waals surface area contributed by atoms with Gasteiger partial charge in [0.25, 0.3) is 0 Å². The maximum atomic E-state index is 14.0. The molecule has 0 heterocycles. The van der Waals surface area contributed by atoms with Gasteiger partial charge in [0.05, 0.1) is 5.16 Å². The van der Waals surface area contributed by atoms with Crippen LogP contribution in [0.4, 0.5) is 14.5 Å². The number of hydrogen-bond acceptors (Lipinski definition) is 2. The normalized spacial score (nSPS) is 9.88. The van der Waals surface area contributed by atoms with Crippen LogP contribution in [0.1, 0.15) is 61.8 Å². The molecular formula is C30H25F2NS. The summed E-state index contributed by atoms with van der Waals surface area (Å²) in [7, 11) is 0. The van der Waals surface area contributed by atoms with Crippen molar-refractivity contribution in [3.05, 3.63) is 88.5 Å². The van der Waals surface area contributed by atoms with E-state index in [0.29, 0.717) is 0 Å². The van der Waals surface area contributed by atoms with Gasteiger partial charge in [0.2, 0.25) is 0 Å². The van der Waals surface area contributed by atoms with Crippen molar-refractivity contribution in [1.29, 1.82) is 0 Å². The second-order valence-electron chi connectivity index (χ2n) is 7.80. The summed E-state index contributed by atoms with van der Waals surface area (Å²) in [5, 5.41) is 1.98. The van der Waals surface area contributed by atoms with E-state index in [0.717, 1.165) is 59.2 Å². The van der Waals surface area contributed by atoms with E-state index in [1.165, 1.54) is 12.8 Å². The molecule has 34 heavy (non-hydrogen) atoms. The minimum Gasteiger partial charge on any atom is -0.204 e. The van der Waals surface area contributed by atoms with Crippen LogP contribution in [0, 0.1) is 35.3 Å². The first kappa shape index (κ1) is 25.1. The van der Waals surface area contributed by atoms with Crippen LogP contribution in [0.25, 0.3) is 11.1 Å². The third-order valence-electron chi connectivity index (χ3n) is 5.35. The van der Waals surface area contributed by atoms with Crippen LogP contribution in [-0.4, -0.2) is 5.16 Å². The number of thiocarbonyl (C=S) groups is 1. The van der Waals surface area contributed by atoms with Crippen molar-refractivity contribution in [1.82, 2.24) is 0 Å². The summed E-state index contributed by atoms with van der Waals surface area (Å²) in [6, 6.07) is 16.5. The second kappa shape index (κ2) is 12.6. The molecule has 0 unspecified atom stereocenters. The molecule has 0 bridgehead atoms. The average Bonchev–Trinajstić information content (AvgIpc) is 2.85. The highest BCUT2D eigenvalue weighted by atomic mass is 32.1. The van der Waals surface area contributed by atoms with Crippen molar-refractivity contribution in [2.45, 2.75) is 46.0 Å². The summed E-state index contributed by atoms with van der Waals surface area (Å²) in [6.45, 7) is 4.28. The molecule has 0 fully saturated rings. The lowest BCUT2D eigenvalue weighted by Crippen LogP contribution is -1.90. The van der Waals surface area contributed by atoms with Crippen molar-refractivity contribution < 1.29 is 8.78 Å². The summed E-state index contributed by atoms with van der Waals surface area (Å²) in [4.78, 5) is 3.42. The first-order valence-electron chi connectivity index (χ1n) is 11.4. The van der Waals surface area contributed by atoms with Crippen LogP contribution < -0.4 is 0 Å². The first-order chi connectivity index (χ1) is 16.5. The molecule has 0 aliphatic carbocycles. The van der Waals surface area contributed by atoms with Gasteiger partial charge in [-0.05, 0) is 78.1 Å². The van der Waals surface area contributed by atoms with Gasteiger partial charge in [-0.3, -0.25) is 0 Å². The fourth-order valence-corrected chi connectivity index (χ4v) is 3.63. The number of aryl methyl sites for hydroxylation is 1. The molecule has 0 saturated carbocycles. The first-order valence-corrected chi connectivity index (χ1v) is 11.8. The molecule has 0 aliphatic rings. The molecule has 0 aliphatic heterocycles. The zero-order valence-corrected chi connectivity index (χ0v) is 20.2. The fourth-order valence-electron chi connectivity index (χ4n) is 3.54. The lowest BCUT2D eigenvalue weighted by Gasteiger charge is -2.09. The van der Waals surface area contributed by atoms with E-state index in [-0.39, 0.29) is 5.56 Å². The van der Waals surface area contributed by atoms with Gasteiger partial charge in [0.15, 0.2) is 11.6 Å². The van der Waals surface area contributed by atoms with E-state index >= 15 is 0 Å². The highest BCUT2D eigenvalue weighted by Gasteiger charge is 2.09. The third-order valence-corrected chi connectivity index (χ3v) is 5.44. The van der Waals surface area contributed by atoms with Crippen LogP contribution in [0.5, 0.6) is 0 Å². The maximum Gasteiger partial charge on any atom is 0.153 e. The van der Waals surface area contributed by atoms with Crippen molar-refractivity contribution in [3.8, 4) is 34.8 Å². The molecule has 170 valence electrons. The zero-order chi connectivity index (χ0) is 24.3. The molecule has 0 saturated heterocycles. The summed E-state index contributed by atoms with van der Waals surface area (Å²) in [6.07, 6.45) is 5.33. The molecule has 3 rings (SSSR count). The molecule has 4 heteroatoms. The van der Waals surface area contributed by atoms with Crippen molar-refractivity contribution in [3.63, 3.8) is 0 Å². The molecule has 1 nitrogen and oxygen atoms in total. The van der Waals surface area contributed by atoms with Gasteiger partial charge in [-0.2, -0.15) is 4.99 Å². The highest BCUT2D eigenvalue weighted by Crippen LogP contribution is 2.26. The Bertz CT molecular complexity index is 1310. The Hall–Kier alpha value is -3.56. The standard InChI is InChI=1S/C30H25F2NS/c1-3-5-6-7-8-9-22-12-15-26(16-13-22)27-17-14-23(18-25(27)4-2)10-11-24-19-28(31)30(33-21-34)29(32)20-24/h12-20H,3-7H2,1-2H3. The van der Waals surface area contributed by atoms with Crippen molar-refractivity contribution in [2.24, 2.45) is 4.99 Å². The number of halogens is 2. The van der Waals surface area contributed by atoms with Crippen LogP contribution >= 0.6 is 12.2 Å². The van der Waals surface area contributed by atoms with E-state index in [1.807, 2.05) is 23.4 Å². The van der Waals surface area contributed by atoms with Crippen molar-refractivity contribution >= 4 is 23.1 Å². The topological polar surface area (TPSA) is 12.4 Å². The van der Waals surface area contributed by atoms with E-state index < -0.39 is 17.3 Å². The Labute approximate surface area is 206 Å². The van der Waals surface area contributed by atoms with E-state index in [9.17, 15) is 8.78 Å². The Kier molecular flexibility index (Phi) is 9.30. The number of hydrogen-bond donors (Lipinski definition) is 0. The average molecular weight is 470 g/mol. The molecule has 0 radical (unpaired) electrons. The van der Waals surface area contributed by atoms with Crippen LogP contribution in [-0.2, 0) is 6.42 Å². The monoisotopic (exact) mass is 469 g/mol. The van der Waals surface area contributed by atoms with Gasteiger partial charge < -0.3 is 0 Å². The lowest BCUT2D eigenvalue weighted by molar-refractivity contribution is 0.587. The molecular weight excluding hydrogens is 444 g/mol. The predicted molar refractivity (Wildman–Crippen MR) is 139 cm³/mol. The summed E-state index contributed by atoms with van der Waals surface area (Å²) in [5.74, 6) is 10.7. The Morgan fingerprint density at radius 3 is 2.12 bits per heavy atom. The molecule has 0 aromatic heterocycles. The summed E-state index contributed by atoms with van der Waals surface area (Å²) in [5.41, 5.74) is 4.97. The largest absolute Gasteiger partial charge is 0.204 e. The third kappa shape index (κ3) is 6.72. The van der Waals surface area contributed by atoms with Crippen LogP contribution in [0.3, 0.4) is 0 Å². The minimum atomic E-state index is -0.819. The Balaban J connectivity index is 1.80. The smallest absolute Gasteiger partial charge is 0.153 e. The van der Waals surface area contributed by atoms with Crippen molar-refractivity contribution in [2.75, 3.05) is 0 Å². The SMILES string of the molecule is CCCCCC#Cc1ccc(-c2ccc(C#Cc3cc(F)c(N=C=S)c(F)c3)cc2CC)cc1. The lowest BCUT2D eigenvalue weighted by atomic mass is 9.95. The molecule has 0 spiro atoms. The number of benzene rings is 3. The maximum absolute atomic E-state index is 14.0. The number of isothiocyanates is 1. The Morgan fingerprint density at radius 2 is 1.47 bits per heavy atom. The molecule has 0 N–H and O–H groups in total. The highest BCUT2D eigenvalue weighted by molar-refractivity contribution is 7.78. The van der Waals surface area contributed by atoms with Gasteiger partial charge in [-0.15, -0.1) is 0 Å². The summed E-state index contributed by atoms with van der Waals surface area (Å²) >= 11 is 4.42. The second-order valence-corrected chi connectivity index (χ2v) is 7.99. The quantitative estimate of drug-likeness (QED) is 0.153. The van der Waals surface area contributed by atoms with E-state index in [1.54, 1.807) is 0 Å². The Morgan fingerprint density at radius 1 is 0.794 bits per heavy atom. The number of unbranched alkanes of at least 4 members (excludes halogenated alkanes) is 3. The van der Waals surface area contributed by atoms with Gasteiger partial charge in [0.1, 0.15) is 5.69 Å². The van der Waals surface area contributed by atoms with E-state index in [2.05, 4.69) is 79.0 Å². The van der Waals surface area contributed by atoms with Crippen LogP contribution in [0.2, 0.25) is 0 Å². The van der Waals surface area contributed by atoms with Gasteiger partial charge in [-0.25, -0.2) is 8.78 Å². The van der Waals surface area contributed by atoms with E-state index in [4.69, 9.17) is 0 Å². The zero-order valence-electron chi connectivity index (χ0n) is 19.3.